The molecule has 0 radical (unpaired) electrons. The van der Waals surface area contributed by atoms with E-state index >= 15 is 0 Å². The van der Waals surface area contributed by atoms with Crippen LogP contribution in [0.2, 0.25) is 5.02 Å². The third-order valence-electron chi connectivity index (χ3n) is 4.50. The summed E-state index contributed by atoms with van der Waals surface area (Å²) in [5.41, 5.74) is 6.37. The van der Waals surface area contributed by atoms with Crippen molar-refractivity contribution in [3.63, 3.8) is 0 Å². The molecule has 26 heavy (non-hydrogen) atoms. The summed E-state index contributed by atoms with van der Waals surface area (Å²) in [5, 5.41) is 1.87. The second-order valence-electron chi connectivity index (χ2n) is 6.31. The summed E-state index contributed by atoms with van der Waals surface area (Å²) >= 11 is 6.05. The second kappa shape index (κ2) is 6.85. The van der Waals surface area contributed by atoms with Crippen LogP contribution in [0.3, 0.4) is 0 Å². The molecular formula is C22H17BClNO. The lowest BCUT2D eigenvalue weighted by atomic mass is 9.94. The Hall–Kier alpha value is -2.78. The number of hydrogen-bond donors (Lipinski definition) is 0. The molecular weight excluding hydrogens is 341 g/mol. The van der Waals surface area contributed by atoms with Gasteiger partial charge in [-0.05, 0) is 52.9 Å². The molecule has 0 fully saturated rings. The summed E-state index contributed by atoms with van der Waals surface area (Å²) < 4.78 is 5.44. The Morgan fingerprint density at radius 1 is 0.846 bits per heavy atom. The smallest absolute Gasteiger partial charge is 0.139 e. The van der Waals surface area contributed by atoms with Crippen molar-refractivity contribution >= 4 is 35.8 Å². The highest BCUT2D eigenvalue weighted by molar-refractivity contribution is 6.33. The largest absolute Gasteiger partial charge is 0.497 e. The van der Waals surface area contributed by atoms with Gasteiger partial charge in [0.15, 0.2) is 0 Å². The predicted molar refractivity (Wildman–Crippen MR) is 112 cm³/mol. The average Bonchev–Trinajstić information content (AvgIpc) is 2.68. The molecule has 4 heteroatoms. The van der Waals surface area contributed by atoms with E-state index in [-0.39, 0.29) is 0 Å². The van der Waals surface area contributed by atoms with Crippen molar-refractivity contribution in [1.82, 2.24) is 4.98 Å². The Labute approximate surface area is 158 Å². The molecule has 0 aliphatic heterocycles. The minimum atomic E-state index is 0.725. The summed E-state index contributed by atoms with van der Waals surface area (Å²) in [6.45, 7) is 0. The van der Waals surface area contributed by atoms with Gasteiger partial charge in [0.05, 0.1) is 18.3 Å². The van der Waals surface area contributed by atoms with E-state index in [2.05, 4.69) is 44.2 Å². The minimum Gasteiger partial charge on any atom is -0.497 e. The summed E-state index contributed by atoms with van der Waals surface area (Å²) in [7, 11) is 3.77. The monoisotopic (exact) mass is 357 g/mol. The molecule has 0 aliphatic carbocycles. The number of rotatable bonds is 3. The molecule has 1 heterocycles. The van der Waals surface area contributed by atoms with Crippen LogP contribution < -0.4 is 10.2 Å². The Balaban J connectivity index is 1.91. The lowest BCUT2D eigenvalue weighted by Crippen LogP contribution is -2.00. The zero-order chi connectivity index (χ0) is 18.1. The maximum atomic E-state index is 6.05. The maximum absolute atomic E-state index is 6.05. The number of benzene rings is 3. The molecule has 0 spiro atoms. The predicted octanol–water partition coefficient (Wildman–Crippen LogP) is 4.49. The molecule has 2 nitrogen and oxygen atoms in total. The molecule has 4 rings (SSSR count). The highest BCUT2D eigenvalue weighted by Crippen LogP contribution is 2.35. The molecule has 3 aromatic carbocycles. The summed E-state index contributed by atoms with van der Waals surface area (Å²) in [6.07, 6.45) is 0. The molecule has 0 atom stereocenters. The van der Waals surface area contributed by atoms with E-state index in [1.807, 2.05) is 36.4 Å². The summed E-state index contributed by atoms with van der Waals surface area (Å²) in [4.78, 5) is 4.88. The van der Waals surface area contributed by atoms with Crippen LogP contribution in [-0.4, -0.2) is 19.9 Å². The van der Waals surface area contributed by atoms with Crippen LogP contribution in [0.4, 0.5) is 0 Å². The van der Waals surface area contributed by atoms with E-state index in [1.54, 1.807) is 7.11 Å². The van der Waals surface area contributed by atoms with Crippen LogP contribution in [0.1, 0.15) is 0 Å². The Morgan fingerprint density at radius 2 is 1.65 bits per heavy atom. The molecule has 0 aliphatic rings. The van der Waals surface area contributed by atoms with Gasteiger partial charge in [-0.2, -0.15) is 0 Å². The highest BCUT2D eigenvalue weighted by Gasteiger charge is 2.11. The zero-order valence-corrected chi connectivity index (χ0v) is 15.4. The van der Waals surface area contributed by atoms with E-state index in [1.165, 1.54) is 5.46 Å². The first-order valence-corrected chi connectivity index (χ1v) is 8.83. The number of halogens is 1. The molecule has 0 saturated carbocycles. The summed E-state index contributed by atoms with van der Waals surface area (Å²) in [6, 6.07) is 24.4. The topological polar surface area (TPSA) is 22.1 Å². The fourth-order valence-electron chi connectivity index (χ4n) is 3.14. The van der Waals surface area contributed by atoms with Crippen molar-refractivity contribution in [2.75, 3.05) is 7.11 Å². The van der Waals surface area contributed by atoms with Gasteiger partial charge < -0.3 is 4.74 Å². The van der Waals surface area contributed by atoms with Crippen molar-refractivity contribution in [3.05, 3.63) is 77.8 Å². The molecule has 1 aromatic heterocycles. The molecule has 4 aromatic rings. The van der Waals surface area contributed by atoms with Crippen LogP contribution >= 0.6 is 11.6 Å². The van der Waals surface area contributed by atoms with Crippen LogP contribution in [-0.2, 0) is 0 Å². The van der Waals surface area contributed by atoms with E-state index in [4.69, 9.17) is 21.3 Å². The number of aromatic nitrogens is 1. The third kappa shape index (κ3) is 3.18. The van der Waals surface area contributed by atoms with Crippen LogP contribution in [0.15, 0.2) is 72.8 Å². The van der Waals surface area contributed by atoms with E-state index < -0.39 is 0 Å². The minimum absolute atomic E-state index is 0.725. The molecule has 0 bridgehead atoms. The Bertz CT molecular complexity index is 1090. The van der Waals surface area contributed by atoms with Gasteiger partial charge in [-0.3, -0.25) is 0 Å². The lowest BCUT2D eigenvalue weighted by Gasteiger charge is -2.12. The van der Waals surface area contributed by atoms with Gasteiger partial charge in [-0.15, -0.1) is 0 Å². The highest BCUT2D eigenvalue weighted by atomic mass is 35.5. The molecule has 0 N–H and O–H groups in total. The van der Waals surface area contributed by atoms with Gasteiger partial charge in [0, 0.05) is 10.6 Å². The third-order valence-corrected chi connectivity index (χ3v) is 4.75. The standard InChI is InChI=1S/C22H17BClNO/c1-26-18-8-9-19(14-2-6-17(24)7-3-14)20(13-18)22-10-4-15-12-16(23)5-11-21(15)25-22/h2-13H,23H2,1H3. The zero-order valence-electron chi connectivity index (χ0n) is 14.7. The van der Waals surface area contributed by atoms with E-state index in [0.29, 0.717) is 0 Å². The van der Waals surface area contributed by atoms with E-state index in [0.717, 1.165) is 44.1 Å². The van der Waals surface area contributed by atoms with Crippen molar-refractivity contribution in [2.45, 2.75) is 0 Å². The average molecular weight is 358 g/mol. The van der Waals surface area contributed by atoms with Crippen LogP contribution in [0.5, 0.6) is 5.75 Å². The first-order valence-electron chi connectivity index (χ1n) is 8.46. The maximum Gasteiger partial charge on any atom is 0.139 e. The second-order valence-corrected chi connectivity index (χ2v) is 6.75. The Kier molecular flexibility index (Phi) is 4.40. The number of ether oxygens (including phenoxy) is 1. The number of nitrogens with zero attached hydrogens (tertiary/aromatic N) is 1. The Morgan fingerprint density at radius 3 is 2.42 bits per heavy atom. The SMILES string of the molecule is Bc1ccc2nc(-c3cc(OC)ccc3-c3ccc(Cl)cc3)ccc2c1. The van der Waals surface area contributed by atoms with Gasteiger partial charge in [0.25, 0.3) is 0 Å². The fraction of sp³-hybridized carbons (Fsp3) is 0.0455. The first kappa shape index (κ1) is 16.7. The van der Waals surface area contributed by atoms with Gasteiger partial charge in [-0.1, -0.05) is 53.5 Å². The molecule has 0 saturated heterocycles. The van der Waals surface area contributed by atoms with Crippen molar-refractivity contribution in [2.24, 2.45) is 0 Å². The lowest BCUT2D eigenvalue weighted by molar-refractivity contribution is 0.415. The van der Waals surface area contributed by atoms with E-state index in [9.17, 15) is 0 Å². The first-order chi connectivity index (χ1) is 12.6. The number of pyridine rings is 1. The molecule has 0 amide bonds. The van der Waals surface area contributed by atoms with Crippen molar-refractivity contribution in [1.29, 1.82) is 0 Å². The fourth-order valence-corrected chi connectivity index (χ4v) is 3.26. The van der Waals surface area contributed by atoms with Crippen molar-refractivity contribution in [3.8, 4) is 28.1 Å². The molecule has 0 unspecified atom stereocenters. The van der Waals surface area contributed by atoms with Crippen molar-refractivity contribution < 1.29 is 4.74 Å². The number of fused-ring (bicyclic) bond motifs is 1. The van der Waals surface area contributed by atoms with Gasteiger partial charge in [0.2, 0.25) is 0 Å². The van der Waals surface area contributed by atoms with Gasteiger partial charge in [0.1, 0.15) is 13.6 Å². The normalized spacial score (nSPS) is 10.8. The van der Waals surface area contributed by atoms with Gasteiger partial charge in [-0.25, -0.2) is 4.98 Å². The van der Waals surface area contributed by atoms with Gasteiger partial charge >= 0.3 is 0 Å². The van der Waals surface area contributed by atoms with Crippen LogP contribution in [0, 0.1) is 0 Å². The quantitative estimate of drug-likeness (QED) is 0.504. The number of methoxy groups -OCH3 is 1. The summed E-state index contributed by atoms with van der Waals surface area (Å²) in [5.74, 6) is 0.809. The van der Waals surface area contributed by atoms with Crippen LogP contribution in [0.25, 0.3) is 33.3 Å². The number of hydrogen-bond acceptors (Lipinski definition) is 2. The molecule has 126 valence electrons.